The Morgan fingerprint density at radius 2 is 1.80 bits per heavy atom. The number of rotatable bonds is 2. The Labute approximate surface area is 114 Å². The number of phenols is 1. The summed E-state index contributed by atoms with van der Waals surface area (Å²) in [7, 11) is 0. The van der Waals surface area contributed by atoms with Gasteiger partial charge < -0.3 is 9.52 Å². The van der Waals surface area contributed by atoms with Crippen LogP contribution in [0.5, 0.6) is 5.75 Å². The van der Waals surface area contributed by atoms with Crippen LogP contribution in [0, 0.1) is 0 Å². The van der Waals surface area contributed by atoms with E-state index in [9.17, 15) is 9.90 Å². The van der Waals surface area contributed by atoms with Crippen molar-refractivity contribution in [2.75, 3.05) is 0 Å². The zero-order valence-electron chi connectivity index (χ0n) is 10.5. The third kappa shape index (κ3) is 2.44. The van der Waals surface area contributed by atoms with Crippen molar-refractivity contribution in [1.82, 2.24) is 0 Å². The van der Waals surface area contributed by atoms with E-state index in [1.165, 1.54) is 0 Å². The zero-order valence-corrected chi connectivity index (χ0v) is 10.5. The molecule has 2 aromatic carbocycles. The van der Waals surface area contributed by atoms with Gasteiger partial charge in [0.1, 0.15) is 17.0 Å². The van der Waals surface area contributed by atoms with Gasteiger partial charge in [0.15, 0.2) is 0 Å². The highest BCUT2D eigenvalue weighted by atomic mass is 16.4. The average Bonchev–Trinajstić information content (AvgIpc) is 2.47. The fourth-order valence-corrected chi connectivity index (χ4v) is 1.85. The molecule has 20 heavy (non-hydrogen) atoms. The molecule has 4 nitrogen and oxygen atoms in total. The summed E-state index contributed by atoms with van der Waals surface area (Å²) in [6, 6.07) is 15.5. The molecule has 0 atom stereocenters. The molecule has 1 aromatic heterocycles. The van der Waals surface area contributed by atoms with Gasteiger partial charge in [-0.3, -0.25) is 0 Å². The molecule has 0 radical (unpaired) electrons. The van der Waals surface area contributed by atoms with E-state index in [1.54, 1.807) is 42.6 Å². The second-order valence-electron chi connectivity index (χ2n) is 4.31. The van der Waals surface area contributed by atoms with Crippen molar-refractivity contribution in [3.8, 4) is 5.75 Å². The SMILES string of the molecule is O=c1oc2ccccc2cc1N=Cc1ccc(O)cc1. The van der Waals surface area contributed by atoms with Crippen LogP contribution >= 0.6 is 0 Å². The minimum absolute atomic E-state index is 0.187. The van der Waals surface area contributed by atoms with Gasteiger partial charge in [-0.25, -0.2) is 9.79 Å². The lowest BCUT2D eigenvalue weighted by Gasteiger charge is -1.97. The quantitative estimate of drug-likeness (QED) is 0.571. The third-order valence-corrected chi connectivity index (χ3v) is 2.87. The minimum Gasteiger partial charge on any atom is -0.508 e. The molecule has 98 valence electrons. The van der Waals surface area contributed by atoms with Crippen molar-refractivity contribution >= 4 is 22.9 Å². The molecule has 1 heterocycles. The Balaban J connectivity index is 2.00. The third-order valence-electron chi connectivity index (χ3n) is 2.87. The van der Waals surface area contributed by atoms with E-state index < -0.39 is 5.63 Å². The van der Waals surface area contributed by atoms with Gasteiger partial charge in [0.25, 0.3) is 0 Å². The second-order valence-corrected chi connectivity index (χ2v) is 4.31. The van der Waals surface area contributed by atoms with Gasteiger partial charge >= 0.3 is 5.63 Å². The predicted octanol–water partition coefficient (Wildman–Crippen LogP) is 3.25. The van der Waals surface area contributed by atoms with Crippen molar-refractivity contribution in [1.29, 1.82) is 0 Å². The normalized spacial score (nSPS) is 11.2. The van der Waals surface area contributed by atoms with Crippen molar-refractivity contribution in [3.05, 3.63) is 70.6 Å². The van der Waals surface area contributed by atoms with Crippen molar-refractivity contribution < 1.29 is 9.52 Å². The predicted molar refractivity (Wildman–Crippen MR) is 77.8 cm³/mol. The minimum atomic E-state index is -0.473. The lowest BCUT2D eigenvalue weighted by atomic mass is 10.2. The highest BCUT2D eigenvalue weighted by Crippen LogP contribution is 2.17. The van der Waals surface area contributed by atoms with Crippen LogP contribution in [-0.2, 0) is 0 Å². The number of phenolic OH excluding ortho intramolecular Hbond substituents is 1. The summed E-state index contributed by atoms with van der Waals surface area (Å²) in [5.41, 5.74) is 1.10. The number of fused-ring (bicyclic) bond motifs is 1. The Bertz CT molecular complexity index is 832. The van der Waals surface area contributed by atoms with Gasteiger partial charge in [-0.1, -0.05) is 18.2 Å². The first-order chi connectivity index (χ1) is 9.72. The Morgan fingerprint density at radius 1 is 1.05 bits per heavy atom. The summed E-state index contributed by atoms with van der Waals surface area (Å²) in [5, 5.41) is 10.0. The van der Waals surface area contributed by atoms with Crippen LogP contribution in [0.2, 0.25) is 0 Å². The maximum absolute atomic E-state index is 11.8. The van der Waals surface area contributed by atoms with E-state index >= 15 is 0 Å². The van der Waals surface area contributed by atoms with E-state index in [0.717, 1.165) is 10.9 Å². The topological polar surface area (TPSA) is 62.8 Å². The van der Waals surface area contributed by atoms with Gasteiger partial charge in [-0.05, 0) is 42.0 Å². The summed E-state index contributed by atoms with van der Waals surface area (Å²) in [6.07, 6.45) is 1.56. The molecule has 3 rings (SSSR count). The highest BCUT2D eigenvalue weighted by Gasteiger charge is 2.02. The van der Waals surface area contributed by atoms with Crippen molar-refractivity contribution in [3.63, 3.8) is 0 Å². The molecule has 1 N–H and O–H groups in total. The molecule has 0 saturated carbocycles. The molecule has 0 saturated heterocycles. The zero-order chi connectivity index (χ0) is 13.9. The molecule has 4 heteroatoms. The summed E-state index contributed by atoms with van der Waals surface area (Å²) in [5.74, 6) is 0.187. The molecular formula is C16H11NO3. The van der Waals surface area contributed by atoms with E-state index in [2.05, 4.69) is 4.99 Å². The van der Waals surface area contributed by atoms with E-state index in [1.807, 2.05) is 18.2 Å². The molecule has 0 spiro atoms. The second kappa shape index (κ2) is 5.01. The first-order valence-electron chi connectivity index (χ1n) is 6.08. The number of aliphatic imine (C=N–C) groups is 1. The average molecular weight is 265 g/mol. The number of para-hydroxylation sites is 1. The summed E-state index contributed by atoms with van der Waals surface area (Å²) >= 11 is 0. The standard InChI is InChI=1S/C16H11NO3/c18-13-7-5-11(6-8-13)10-17-14-9-12-3-1-2-4-15(12)20-16(14)19/h1-10,18H. The lowest BCUT2D eigenvalue weighted by Crippen LogP contribution is -1.97. The molecule has 0 aliphatic carbocycles. The van der Waals surface area contributed by atoms with Gasteiger partial charge in [0.05, 0.1) is 0 Å². The van der Waals surface area contributed by atoms with Crippen LogP contribution in [0.4, 0.5) is 5.69 Å². The number of hydrogen-bond acceptors (Lipinski definition) is 4. The maximum Gasteiger partial charge on any atom is 0.362 e. The fraction of sp³-hybridized carbons (Fsp3) is 0. The van der Waals surface area contributed by atoms with Crippen LogP contribution in [0.3, 0.4) is 0 Å². The van der Waals surface area contributed by atoms with E-state index in [4.69, 9.17) is 4.42 Å². The Morgan fingerprint density at radius 3 is 2.60 bits per heavy atom. The summed E-state index contributed by atoms with van der Waals surface area (Å²) in [4.78, 5) is 15.9. The van der Waals surface area contributed by atoms with Crippen LogP contribution in [0.1, 0.15) is 5.56 Å². The van der Waals surface area contributed by atoms with Gasteiger partial charge in [-0.15, -0.1) is 0 Å². The van der Waals surface area contributed by atoms with Gasteiger partial charge in [0, 0.05) is 11.6 Å². The van der Waals surface area contributed by atoms with Crippen LogP contribution in [0.25, 0.3) is 11.0 Å². The largest absolute Gasteiger partial charge is 0.508 e. The molecule has 0 amide bonds. The molecule has 0 fully saturated rings. The molecule has 0 bridgehead atoms. The number of nitrogens with zero attached hydrogens (tertiary/aromatic N) is 1. The molecule has 0 unspecified atom stereocenters. The van der Waals surface area contributed by atoms with Crippen LogP contribution in [0.15, 0.2) is 68.8 Å². The number of benzene rings is 2. The number of aromatic hydroxyl groups is 1. The van der Waals surface area contributed by atoms with Crippen LogP contribution in [-0.4, -0.2) is 11.3 Å². The molecular weight excluding hydrogens is 254 g/mol. The Hall–Kier alpha value is -2.88. The maximum atomic E-state index is 11.8. The Kier molecular flexibility index (Phi) is 3.05. The highest BCUT2D eigenvalue weighted by molar-refractivity contribution is 5.84. The first-order valence-corrected chi connectivity index (χ1v) is 6.08. The summed E-state index contributed by atoms with van der Waals surface area (Å²) in [6.45, 7) is 0. The first kappa shape index (κ1) is 12.2. The lowest BCUT2D eigenvalue weighted by molar-refractivity contribution is 0.475. The fourth-order valence-electron chi connectivity index (χ4n) is 1.85. The smallest absolute Gasteiger partial charge is 0.362 e. The molecule has 0 aliphatic rings. The van der Waals surface area contributed by atoms with E-state index in [-0.39, 0.29) is 11.4 Å². The number of hydrogen-bond donors (Lipinski definition) is 1. The monoisotopic (exact) mass is 265 g/mol. The van der Waals surface area contributed by atoms with Crippen LogP contribution < -0.4 is 5.63 Å². The summed E-state index contributed by atoms with van der Waals surface area (Å²) < 4.78 is 5.19. The molecule has 0 aliphatic heterocycles. The van der Waals surface area contributed by atoms with Gasteiger partial charge in [0.2, 0.25) is 0 Å². The van der Waals surface area contributed by atoms with Gasteiger partial charge in [-0.2, -0.15) is 0 Å². The molecule has 3 aromatic rings. The van der Waals surface area contributed by atoms with Crippen molar-refractivity contribution in [2.24, 2.45) is 4.99 Å². The van der Waals surface area contributed by atoms with Crippen molar-refractivity contribution in [2.45, 2.75) is 0 Å². The van der Waals surface area contributed by atoms with E-state index in [0.29, 0.717) is 5.58 Å².